The average Bonchev–Trinajstić information content (AvgIpc) is 2.49. The number of carbonyl (C=O) groups is 1. The summed E-state index contributed by atoms with van der Waals surface area (Å²) in [7, 11) is -3.37. The Kier molecular flexibility index (Phi) is 5.97. The van der Waals surface area contributed by atoms with Crippen LogP contribution in [0.2, 0.25) is 0 Å². The van der Waals surface area contributed by atoms with E-state index in [0.29, 0.717) is 17.8 Å². The molecule has 0 bridgehead atoms. The van der Waals surface area contributed by atoms with Crippen LogP contribution in [0.5, 0.6) is 0 Å². The highest BCUT2D eigenvalue weighted by Gasteiger charge is 2.12. The number of carbonyl (C=O) groups excluding carboxylic acids is 1. The quantitative estimate of drug-likeness (QED) is 0.783. The van der Waals surface area contributed by atoms with E-state index in [9.17, 15) is 13.2 Å². The van der Waals surface area contributed by atoms with Gasteiger partial charge in [-0.2, -0.15) is 0 Å². The molecule has 1 amide bonds. The second-order valence-corrected chi connectivity index (χ2v) is 7.36. The molecule has 0 saturated carbocycles. The van der Waals surface area contributed by atoms with Crippen LogP contribution in [0.25, 0.3) is 0 Å². The minimum absolute atomic E-state index is 0.213. The van der Waals surface area contributed by atoms with Crippen LogP contribution in [0, 0.1) is 6.92 Å². The maximum atomic E-state index is 12.2. The second-order valence-electron chi connectivity index (χ2n) is 5.61. The van der Waals surface area contributed by atoms with Crippen molar-refractivity contribution in [2.75, 3.05) is 50.4 Å². The van der Waals surface area contributed by atoms with Gasteiger partial charge in [0.05, 0.1) is 25.2 Å². The predicted molar refractivity (Wildman–Crippen MR) is 89.2 cm³/mol. The van der Waals surface area contributed by atoms with E-state index < -0.39 is 10.0 Å². The number of amides is 1. The molecule has 1 saturated heterocycles. The van der Waals surface area contributed by atoms with E-state index in [4.69, 9.17) is 4.74 Å². The number of benzene rings is 1. The Morgan fingerprint density at radius 3 is 2.65 bits per heavy atom. The molecule has 0 aliphatic carbocycles. The number of anilines is 1. The van der Waals surface area contributed by atoms with Gasteiger partial charge >= 0.3 is 0 Å². The van der Waals surface area contributed by atoms with Crippen molar-refractivity contribution in [3.8, 4) is 0 Å². The SMILES string of the molecule is Cc1ccc(C(=O)NCCN2CCOCC2)cc1NS(C)(=O)=O. The van der Waals surface area contributed by atoms with Gasteiger partial charge in [-0.1, -0.05) is 6.07 Å². The molecule has 1 heterocycles. The first-order chi connectivity index (χ1) is 10.8. The lowest BCUT2D eigenvalue weighted by molar-refractivity contribution is 0.0383. The Labute approximate surface area is 137 Å². The number of aryl methyl sites for hydroxylation is 1. The van der Waals surface area contributed by atoms with Crippen LogP contribution in [-0.4, -0.2) is 64.9 Å². The van der Waals surface area contributed by atoms with E-state index in [0.717, 1.165) is 44.7 Å². The molecule has 1 aromatic carbocycles. The lowest BCUT2D eigenvalue weighted by atomic mass is 10.1. The number of rotatable bonds is 6. The van der Waals surface area contributed by atoms with Crippen LogP contribution < -0.4 is 10.0 Å². The second kappa shape index (κ2) is 7.76. The van der Waals surface area contributed by atoms with Gasteiger partial charge in [0, 0.05) is 31.7 Å². The van der Waals surface area contributed by atoms with Gasteiger partial charge in [0.2, 0.25) is 10.0 Å². The van der Waals surface area contributed by atoms with Crippen LogP contribution in [0.15, 0.2) is 18.2 Å². The van der Waals surface area contributed by atoms with Crippen molar-refractivity contribution < 1.29 is 17.9 Å². The highest BCUT2D eigenvalue weighted by molar-refractivity contribution is 7.92. The van der Waals surface area contributed by atoms with E-state index in [1.54, 1.807) is 25.1 Å². The zero-order chi connectivity index (χ0) is 16.9. The normalized spacial score (nSPS) is 16.1. The first kappa shape index (κ1) is 17.7. The molecule has 0 aromatic heterocycles. The van der Waals surface area contributed by atoms with Crippen molar-refractivity contribution >= 4 is 21.6 Å². The van der Waals surface area contributed by atoms with Crippen LogP contribution in [0.3, 0.4) is 0 Å². The molecule has 1 fully saturated rings. The summed E-state index contributed by atoms with van der Waals surface area (Å²) in [5.74, 6) is -0.213. The van der Waals surface area contributed by atoms with Gasteiger partial charge in [0.15, 0.2) is 0 Å². The molecule has 8 heteroatoms. The Bertz CT molecular complexity index is 655. The molecule has 128 valence electrons. The summed E-state index contributed by atoms with van der Waals surface area (Å²) >= 11 is 0. The number of ether oxygens (including phenoxy) is 1. The number of nitrogens with zero attached hydrogens (tertiary/aromatic N) is 1. The summed E-state index contributed by atoms with van der Waals surface area (Å²) in [5.41, 5.74) is 1.62. The van der Waals surface area contributed by atoms with Crippen LogP contribution >= 0.6 is 0 Å². The van der Waals surface area contributed by atoms with E-state index >= 15 is 0 Å². The average molecular weight is 341 g/mol. The molecule has 2 N–H and O–H groups in total. The van der Waals surface area contributed by atoms with Crippen molar-refractivity contribution in [3.63, 3.8) is 0 Å². The van der Waals surface area contributed by atoms with Gasteiger partial charge < -0.3 is 10.1 Å². The molecule has 0 radical (unpaired) electrons. The molecule has 1 aromatic rings. The fraction of sp³-hybridized carbons (Fsp3) is 0.533. The Morgan fingerprint density at radius 1 is 1.30 bits per heavy atom. The van der Waals surface area contributed by atoms with Crippen molar-refractivity contribution in [2.45, 2.75) is 6.92 Å². The molecule has 1 aliphatic rings. The number of hydrogen-bond acceptors (Lipinski definition) is 5. The van der Waals surface area contributed by atoms with Crippen molar-refractivity contribution in [2.24, 2.45) is 0 Å². The molecule has 1 aliphatic heterocycles. The van der Waals surface area contributed by atoms with Gasteiger partial charge in [0.1, 0.15) is 0 Å². The molecule has 2 rings (SSSR count). The monoisotopic (exact) mass is 341 g/mol. The lowest BCUT2D eigenvalue weighted by Crippen LogP contribution is -2.41. The third-order valence-electron chi connectivity index (χ3n) is 3.61. The van der Waals surface area contributed by atoms with E-state index in [-0.39, 0.29) is 5.91 Å². The molecule has 23 heavy (non-hydrogen) atoms. The fourth-order valence-electron chi connectivity index (χ4n) is 2.33. The van der Waals surface area contributed by atoms with Gasteiger partial charge in [-0.15, -0.1) is 0 Å². The lowest BCUT2D eigenvalue weighted by Gasteiger charge is -2.26. The smallest absolute Gasteiger partial charge is 0.251 e. The zero-order valence-electron chi connectivity index (χ0n) is 13.5. The number of morpholine rings is 1. The summed E-state index contributed by atoms with van der Waals surface area (Å²) in [5, 5.41) is 2.86. The van der Waals surface area contributed by atoms with Gasteiger partial charge in [-0.25, -0.2) is 8.42 Å². The van der Waals surface area contributed by atoms with Crippen LogP contribution in [0.1, 0.15) is 15.9 Å². The summed E-state index contributed by atoms with van der Waals surface area (Å²) in [6, 6.07) is 4.97. The maximum Gasteiger partial charge on any atom is 0.251 e. The van der Waals surface area contributed by atoms with E-state index in [2.05, 4.69) is 14.9 Å². The summed E-state index contributed by atoms with van der Waals surface area (Å²) < 4.78 is 30.4. The molecule has 0 spiro atoms. The number of hydrogen-bond donors (Lipinski definition) is 2. The highest BCUT2D eigenvalue weighted by Crippen LogP contribution is 2.18. The first-order valence-electron chi connectivity index (χ1n) is 7.52. The van der Waals surface area contributed by atoms with Crippen LogP contribution in [0.4, 0.5) is 5.69 Å². The topological polar surface area (TPSA) is 87.7 Å². The van der Waals surface area contributed by atoms with E-state index in [1.165, 1.54) is 0 Å². The molecular weight excluding hydrogens is 318 g/mol. The highest BCUT2D eigenvalue weighted by atomic mass is 32.2. The van der Waals surface area contributed by atoms with E-state index in [1.807, 2.05) is 0 Å². The summed E-state index contributed by atoms with van der Waals surface area (Å²) in [4.78, 5) is 14.4. The fourth-order valence-corrected chi connectivity index (χ4v) is 2.95. The molecule has 0 atom stereocenters. The summed E-state index contributed by atoms with van der Waals surface area (Å²) in [6.45, 7) is 6.31. The number of nitrogens with one attached hydrogen (secondary N) is 2. The predicted octanol–water partition coefficient (Wildman–Crippen LogP) is 0.429. The standard InChI is InChI=1S/C15H23N3O4S/c1-12-3-4-13(11-14(12)17-23(2,20)21)15(19)16-5-6-18-7-9-22-10-8-18/h3-4,11,17H,5-10H2,1-2H3,(H,16,19). The maximum absolute atomic E-state index is 12.2. The molecule has 0 unspecified atom stereocenters. The Balaban J connectivity index is 1.92. The van der Waals surface area contributed by atoms with Crippen LogP contribution in [-0.2, 0) is 14.8 Å². The van der Waals surface area contributed by atoms with Gasteiger partial charge in [-0.05, 0) is 24.6 Å². The summed E-state index contributed by atoms with van der Waals surface area (Å²) in [6.07, 6.45) is 1.08. The molecular formula is C15H23N3O4S. The van der Waals surface area contributed by atoms with Crippen molar-refractivity contribution in [3.05, 3.63) is 29.3 Å². The Hall–Kier alpha value is -1.64. The minimum Gasteiger partial charge on any atom is -0.379 e. The molecule has 7 nitrogen and oxygen atoms in total. The van der Waals surface area contributed by atoms with Crippen molar-refractivity contribution in [1.29, 1.82) is 0 Å². The van der Waals surface area contributed by atoms with Gasteiger partial charge in [0.25, 0.3) is 5.91 Å². The largest absolute Gasteiger partial charge is 0.379 e. The zero-order valence-corrected chi connectivity index (χ0v) is 14.3. The number of sulfonamides is 1. The third kappa shape index (κ3) is 5.81. The first-order valence-corrected chi connectivity index (χ1v) is 9.41. The Morgan fingerprint density at radius 2 is 2.00 bits per heavy atom. The third-order valence-corrected chi connectivity index (χ3v) is 4.20. The van der Waals surface area contributed by atoms with Crippen molar-refractivity contribution in [1.82, 2.24) is 10.2 Å². The van der Waals surface area contributed by atoms with Gasteiger partial charge in [-0.3, -0.25) is 14.4 Å². The minimum atomic E-state index is -3.37.